The fraction of sp³-hybridized carbons (Fsp3) is 0.500. The van der Waals surface area contributed by atoms with E-state index in [1.54, 1.807) is 0 Å². The first-order chi connectivity index (χ1) is 8.66. The van der Waals surface area contributed by atoms with Gasteiger partial charge >= 0.3 is 0 Å². The van der Waals surface area contributed by atoms with Crippen LogP contribution in [0.25, 0.3) is 0 Å². The molecule has 1 heterocycles. The van der Waals surface area contributed by atoms with Crippen LogP contribution in [0.4, 0.5) is 0 Å². The highest BCUT2D eigenvalue weighted by Gasteiger charge is 2.19. The molecule has 2 unspecified atom stereocenters. The van der Waals surface area contributed by atoms with Gasteiger partial charge in [0.15, 0.2) is 0 Å². The third kappa shape index (κ3) is 3.44. The van der Waals surface area contributed by atoms with Gasteiger partial charge in [-0.05, 0) is 24.8 Å². The molecule has 98 valence electrons. The van der Waals surface area contributed by atoms with Crippen molar-refractivity contribution in [2.24, 2.45) is 11.7 Å². The molecule has 2 nitrogen and oxygen atoms in total. The summed E-state index contributed by atoms with van der Waals surface area (Å²) in [5, 5.41) is 0. The van der Waals surface area contributed by atoms with E-state index in [1.165, 1.54) is 24.1 Å². The Morgan fingerprint density at radius 3 is 2.67 bits per heavy atom. The third-order valence-electron chi connectivity index (χ3n) is 3.75. The van der Waals surface area contributed by atoms with Crippen LogP contribution >= 0.6 is 0 Å². The first kappa shape index (κ1) is 13.3. The van der Waals surface area contributed by atoms with Crippen molar-refractivity contribution >= 4 is 0 Å². The van der Waals surface area contributed by atoms with Gasteiger partial charge in [-0.1, -0.05) is 48.9 Å². The molecule has 0 saturated heterocycles. The Labute approximate surface area is 110 Å². The highest BCUT2D eigenvalue weighted by atomic mass is 15.1. The van der Waals surface area contributed by atoms with Gasteiger partial charge in [-0.3, -0.25) is 4.90 Å². The molecule has 1 aromatic carbocycles. The van der Waals surface area contributed by atoms with Crippen molar-refractivity contribution in [3.05, 3.63) is 47.5 Å². The largest absolute Gasteiger partial charge is 0.324 e. The molecule has 0 aromatic heterocycles. The van der Waals surface area contributed by atoms with Crippen LogP contribution in [0.3, 0.4) is 0 Å². The summed E-state index contributed by atoms with van der Waals surface area (Å²) in [6.45, 7) is 7.83. The number of nitrogens with zero attached hydrogens (tertiary/aromatic N) is 1. The summed E-state index contributed by atoms with van der Waals surface area (Å²) in [5.74, 6) is 0.485. The average molecular weight is 244 g/mol. The Kier molecular flexibility index (Phi) is 4.56. The van der Waals surface area contributed by atoms with Crippen molar-refractivity contribution in [3.63, 3.8) is 0 Å². The topological polar surface area (TPSA) is 29.3 Å². The first-order valence-electron chi connectivity index (χ1n) is 6.85. The monoisotopic (exact) mass is 244 g/mol. The van der Waals surface area contributed by atoms with E-state index in [-0.39, 0.29) is 6.04 Å². The lowest BCUT2D eigenvalue weighted by molar-refractivity contribution is 0.234. The lowest BCUT2D eigenvalue weighted by Crippen LogP contribution is -2.36. The van der Waals surface area contributed by atoms with Gasteiger partial charge in [0, 0.05) is 25.7 Å². The molecule has 2 heteroatoms. The maximum absolute atomic E-state index is 6.35. The fourth-order valence-electron chi connectivity index (χ4n) is 2.67. The SMILES string of the molecule is CC1=CCCN(CC(C)C(N)c2ccccc2)C1. The molecule has 0 radical (unpaired) electrons. The molecule has 0 aliphatic carbocycles. The van der Waals surface area contributed by atoms with Crippen LogP contribution in [0.2, 0.25) is 0 Å². The van der Waals surface area contributed by atoms with E-state index in [0.717, 1.165) is 13.1 Å². The lowest BCUT2D eigenvalue weighted by atomic mass is 9.94. The average Bonchev–Trinajstić information content (AvgIpc) is 2.39. The molecule has 0 saturated carbocycles. The smallest absolute Gasteiger partial charge is 0.0333 e. The van der Waals surface area contributed by atoms with Crippen molar-refractivity contribution in [1.29, 1.82) is 0 Å². The summed E-state index contributed by atoms with van der Waals surface area (Å²) in [5.41, 5.74) is 9.08. The van der Waals surface area contributed by atoms with Gasteiger partial charge in [0.05, 0.1) is 0 Å². The first-order valence-corrected chi connectivity index (χ1v) is 6.85. The highest BCUT2D eigenvalue weighted by molar-refractivity contribution is 5.19. The molecule has 1 aliphatic heterocycles. The van der Waals surface area contributed by atoms with Gasteiger partial charge in [-0.15, -0.1) is 0 Å². The van der Waals surface area contributed by atoms with Crippen molar-refractivity contribution in [2.75, 3.05) is 19.6 Å². The Balaban J connectivity index is 1.92. The summed E-state index contributed by atoms with van der Waals surface area (Å²) in [6.07, 6.45) is 3.53. The van der Waals surface area contributed by atoms with Crippen LogP contribution in [0.15, 0.2) is 42.0 Å². The maximum Gasteiger partial charge on any atom is 0.0333 e. The van der Waals surface area contributed by atoms with Crippen LogP contribution in [-0.2, 0) is 0 Å². The van der Waals surface area contributed by atoms with Gasteiger partial charge in [0.2, 0.25) is 0 Å². The molecule has 0 amide bonds. The van der Waals surface area contributed by atoms with E-state index in [2.05, 4.69) is 49.1 Å². The summed E-state index contributed by atoms with van der Waals surface area (Å²) >= 11 is 0. The Bertz CT molecular complexity index is 397. The Hall–Kier alpha value is -1.12. The van der Waals surface area contributed by atoms with Crippen LogP contribution in [0, 0.1) is 5.92 Å². The van der Waals surface area contributed by atoms with E-state index in [1.807, 2.05) is 6.07 Å². The van der Waals surface area contributed by atoms with Crippen LogP contribution < -0.4 is 5.73 Å². The number of nitrogens with two attached hydrogens (primary N) is 1. The number of hydrogen-bond acceptors (Lipinski definition) is 2. The predicted molar refractivity (Wildman–Crippen MR) is 77.3 cm³/mol. The molecular weight excluding hydrogens is 220 g/mol. The summed E-state index contributed by atoms with van der Waals surface area (Å²) < 4.78 is 0. The zero-order valence-electron chi connectivity index (χ0n) is 11.5. The Morgan fingerprint density at radius 2 is 2.00 bits per heavy atom. The standard InChI is InChI=1S/C16H24N2/c1-13-7-6-10-18(11-13)12-14(2)16(17)15-8-4-3-5-9-15/h3-5,7-9,14,16H,6,10-12,17H2,1-2H3. The lowest BCUT2D eigenvalue weighted by Gasteiger charge is -2.31. The summed E-state index contributed by atoms with van der Waals surface area (Å²) in [7, 11) is 0. The minimum Gasteiger partial charge on any atom is -0.324 e. The molecule has 18 heavy (non-hydrogen) atoms. The normalized spacial score (nSPS) is 20.3. The summed E-state index contributed by atoms with van der Waals surface area (Å²) in [6, 6.07) is 10.6. The molecule has 2 atom stereocenters. The molecule has 0 bridgehead atoms. The second-order valence-electron chi connectivity index (χ2n) is 5.49. The minimum absolute atomic E-state index is 0.136. The van der Waals surface area contributed by atoms with Crippen molar-refractivity contribution < 1.29 is 0 Å². The van der Waals surface area contributed by atoms with Crippen LogP contribution in [0.1, 0.15) is 31.9 Å². The number of rotatable bonds is 4. The second kappa shape index (κ2) is 6.17. The number of benzene rings is 1. The molecule has 1 aliphatic rings. The van der Waals surface area contributed by atoms with Gasteiger partial charge < -0.3 is 5.73 Å². The van der Waals surface area contributed by atoms with Gasteiger partial charge in [0.25, 0.3) is 0 Å². The van der Waals surface area contributed by atoms with Gasteiger partial charge in [-0.25, -0.2) is 0 Å². The molecule has 0 spiro atoms. The Morgan fingerprint density at radius 1 is 1.28 bits per heavy atom. The predicted octanol–water partition coefficient (Wildman–Crippen LogP) is 2.97. The fourth-order valence-corrected chi connectivity index (χ4v) is 2.67. The maximum atomic E-state index is 6.35. The van der Waals surface area contributed by atoms with Crippen molar-refractivity contribution in [1.82, 2.24) is 4.90 Å². The molecular formula is C16H24N2. The third-order valence-corrected chi connectivity index (χ3v) is 3.75. The van der Waals surface area contributed by atoms with E-state index >= 15 is 0 Å². The number of hydrogen-bond donors (Lipinski definition) is 1. The summed E-state index contributed by atoms with van der Waals surface area (Å²) in [4.78, 5) is 2.52. The van der Waals surface area contributed by atoms with Gasteiger partial charge in [-0.2, -0.15) is 0 Å². The van der Waals surface area contributed by atoms with Crippen LogP contribution in [0.5, 0.6) is 0 Å². The second-order valence-corrected chi connectivity index (χ2v) is 5.49. The molecule has 1 aromatic rings. The quantitative estimate of drug-likeness (QED) is 0.825. The molecule has 2 N–H and O–H groups in total. The molecule has 2 rings (SSSR count). The molecule has 0 fully saturated rings. The van der Waals surface area contributed by atoms with E-state index in [9.17, 15) is 0 Å². The van der Waals surface area contributed by atoms with Crippen molar-refractivity contribution in [3.8, 4) is 0 Å². The van der Waals surface area contributed by atoms with E-state index in [0.29, 0.717) is 5.92 Å². The zero-order valence-corrected chi connectivity index (χ0v) is 11.5. The van der Waals surface area contributed by atoms with Gasteiger partial charge in [0.1, 0.15) is 0 Å². The minimum atomic E-state index is 0.136. The zero-order chi connectivity index (χ0) is 13.0. The van der Waals surface area contributed by atoms with Crippen molar-refractivity contribution in [2.45, 2.75) is 26.3 Å². The van der Waals surface area contributed by atoms with E-state index in [4.69, 9.17) is 5.73 Å². The van der Waals surface area contributed by atoms with Crippen LogP contribution in [-0.4, -0.2) is 24.5 Å². The highest BCUT2D eigenvalue weighted by Crippen LogP contribution is 2.21. The van der Waals surface area contributed by atoms with E-state index < -0.39 is 0 Å².